The smallest absolute Gasteiger partial charge is 0.242 e. The van der Waals surface area contributed by atoms with Crippen LogP contribution >= 0.6 is 0 Å². The summed E-state index contributed by atoms with van der Waals surface area (Å²) in [7, 11) is 0. The Morgan fingerprint density at radius 1 is 1.12 bits per heavy atom. The van der Waals surface area contributed by atoms with Crippen LogP contribution in [0.2, 0.25) is 0 Å². The molecule has 1 atom stereocenters. The van der Waals surface area contributed by atoms with Crippen molar-refractivity contribution in [1.29, 1.82) is 0 Å². The number of carbonyl (C=O) groups is 3. The highest BCUT2D eigenvalue weighted by molar-refractivity contribution is 5.86. The van der Waals surface area contributed by atoms with E-state index in [4.69, 9.17) is 0 Å². The summed E-state index contributed by atoms with van der Waals surface area (Å²) in [6.45, 7) is 3.90. The van der Waals surface area contributed by atoms with Gasteiger partial charge < -0.3 is 14.7 Å². The van der Waals surface area contributed by atoms with Gasteiger partial charge in [-0.2, -0.15) is 0 Å². The number of piperazine rings is 1. The lowest BCUT2D eigenvalue weighted by Crippen LogP contribution is -2.53. The maximum absolute atomic E-state index is 12.8. The quantitative estimate of drug-likeness (QED) is 0.832. The van der Waals surface area contributed by atoms with Gasteiger partial charge in [0.1, 0.15) is 0 Å². The lowest BCUT2D eigenvalue weighted by Gasteiger charge is -2.42. The Bertz CT molecular complexity index is 632. The van der Waals surface area contributed by atoms with Gasteiger partial charge in [-0.25, -0.2) is 0 Å². The number of hydrogen-bond donors (Lipinski definition) is 0. The zero-order valence-electron chi connectivity index (χ0n) is 14.0. The summed E-state index contributed by atoms with van der Waals surface area (Å²) < 4.78 is 0. The zero-order valence-corrected chi connectivity index (χ0v) is 14.0. The first kappa shape index (κ1) is 16.5. The van der Waals surface area contributed by atoms with Crippen LogP contribution in [0.15, 0.2) is 30.3 Å². The first-order valence-corrected chi connectivity index (χ1v) is 8.44. The van der Waals surface area contributed by atoms with Gasteiger partial charge in [-0.1, -0.05) is 30.3 Å². The van der Waals surface area contributed by atoms with Crippen molar-refractivity contribution in [2.24, 2.45) is 0 Å². The van der Waals surface area contributed by atoms with Gasteiger partial charge >= 0.3 is 0 Å². The number of nitrogens with zero attached hydrogens (tertiary/aromatic N) is 3. The van der Waals surface area contributed by atoms with E-state index < -0.39 is 0 Å². The number of likely N-dealkylation sites (tertiary alicyclic amines) is 1. The molecule has 0 aliphatic carbocycles. The second-order valence-corrected chi connectivity index (χ2v) is 6.40. The minimum Gasteiger partial charge on any atom is -0.339 e. The molecule has 6 heteroatoms. The van der Waals surface area contributed by atoms with Crippen molar-refractivity contribution in [3.63, 3.8) is 0 Å². The molecule has 0 unspecified atom stereocenters. The Morgan fingerprint density at radius 3 is 2.50 bits per heavy atom. The normalized spacial score (nSPS) is 21.3. The fourth-order valence-corrected chi connectivity index (χ4v) is 3.45. The minimum absolute atomic E-state index is 0.0257. The van der Waals surface area contributed by atoms with Gasteiger partial charge in [-0.15, -0.1) is 0 Å². The van der Waals surface area contributed by atoms with E-state index in [1.165, 1.54) is 0 Å². The van der Waals surface area contributed by atoms with E-state index in [2.05, 4.69) is 0 Å². The molecule has 0 aromatic heterocycles. The standard InChI is InChI=1S/C18H23N3O3/c1-14(22)19-10-11-21(16(12-19)15-6-3-2-4-7-15)18(24)13-20-9-5-8-17(20)23/h2-4,6-7,16H,5,8-13H2,1H3/t16-/m0/s1. The van der Waals surface area contributed by atoms with E-state index in [9.17, 15) is 14.4 Å². The fraction of sp³-hybridized carbons (Fsp3) is 0.500. The van der Waals surface area contributed by atoms with Crippen LogP contribution in [0.5, 0.6) is 0 Å². The molecule has 128 valence electrons. The van der Waals surface area contributed by atoms with E-state index in [1.807, 2.05) is 35.2 Å². The largest absolute Gasteiger partial charge is 0.339 e. The van der Waals surface area contributed by atoms with Crippen molar-refractivity contribution in [2.75, 3.05) is 32.7 Å². The summed E-state index contributed by atoms with van der Waals surface area (Å²) in [6.07, 6.45) is 1.36. The molecule has 2 heterocycles. The van der Waals surface area contributed by atoms with E-state index in [0.717, 1.165) is 12.0 Å². The minimum atomic E-state index is -0.158. The maximum Gasteiger partial charge on any atom is 0.242 e. The Morgan fingerprint density at radius 2 is 1.88 bits per heavy atom. The third-order valence-electron chi connectivity index (χ3n) is 4.83. The van der Waals surface area contributed by atoms with E-state index in [0.29, 0.717) is 32.6 Å². The molecule has 24 heavy (non-hydrogen) atoms. The van der Waals surface area contributed by atoms with Gasteiger partial charge in [0.2, 0.25) is 17.7 Å². The van der Waals surface area contributed by atoms with Crippen LogP contribution in [0.1, 0.15) is 31.4 Å². The van der Waals surface area contributed by atoms with Gasteiger partial charge in [0.15, 0.2) is 0 Å². The molecule has 0 saturated carbocycles. The molecule has 2 saturated heterocycles. The van der Waals surface area contributed by atoms with Crippen molar-refractivity contribution in [3.8, 4) is 0 Å². The van der Waals surface area contributed by atoms with Crippen LogP contribution in [0.3, 0.4) is 0 Å². The molecule has 2 aliphatic heterocycles. The monoisotopic (exact) mass is 329 g/mol. The van der Waals surface area contributed by atoms with Crippen LogP contribution < -0.4 is 0 Å². The highest BCUT2D eigenvalue weighted by Crippen LogP contribution is 2.26. The average molecular weight is 329 g/mol. The summed E-state index contributed by atoms with van der Waals surface area (Å²) in [5, 5.41) is 0. The summed E-state index contributed by atoms with van der Waals surface area (Å²) >= 11 is 0. The molecular weight excluding hydrogens is 306 g/mol. The molecule has 6 nitrogen and oxygen atoms in total. The van der Waals surface area contributed by atoms with Gasteiger partial charge in [0.25, 0.3) is 0 Å². The van der Waals surface area contributed by atoms with Crippen LogP contribution in [0.25, 0.3) is 0 Å². The zero-order chi connectivity index (χ0) is 17.1. The second-order valence-electron chi connectivity index (χ2n) is 6.40. The van der Waals surface area contributed by atoms with Gasteiger partial charge in [0.05, 0.1) is 12.6 Å². The predicted octanol–water partition coefficient (Wildman–Crippen LogP) is 1.04. The van der Waals surface area contributed by atoms with E-state index in [1.54, 1.807) is 16.7 Å². The topological polar surface area (TPSA) is 60.9 Å². The number of hydrogen-bond acceptors (Lipinski definition) is 3. The highest BCUT2D eigenvalue weighted by atomic mass is 16.2. The van der Waals surface area contributed by atoms with Crippen LogP contribution in [-0.2, 0) is 14.4 Å². The van der Waals surface area contributed by atoms with E-state index >= 15 is 0 Å². The van der Waals surface area contributed by atoms with Crippen molar-refractivity contribution < 1.29 is 14.4 Å². The number of amides is 3. The Hall–Kier alpha value is -2.37. The Kier molecular flexibility index (Phi) is 4.83. The van der Waals surface area contributed by atoms with Gasteiger partial charge in [-0.3, -0.25) is 14.4 Å². The van der Waals surface area contributed by atoms with Crippen molar-refractivity contribution in [2.45, 2.75) is 25.8 Å². The summed E-state index contributed by atoms with van der Waals surface area (Å²) in [5.74, 6) is 0.0436. The lowest BCUT2D eigenvalue weighted by molar-refractivity contribution is -0.145. The Balaban J connectivity index is 1.77. The molecular formula is C18H23N3O3. The van der Waals surface area contributed by atoms with Gasteiger partial charge in [-0.05, 0) is 12.0 Å². The molecule has 3 rings (SSSR count). The first-order chi connectivity index (χ1) is 11.6. The molecule has 1 aromatic carbocycles. The third kappa shape index (κ3) is 3.42. The third-order valence-corrected chi connectivity index (χ3v) is 4.83. The van der Waals surface area contributed by atoms with Crippen LogP contribution in [0.4, 0.5) is 0 Å². The summed E-state index contributed by atoms with van der Waals surface area (Å²) in [4.78, 5) is 41.6. The van der Waals surface area contributed by atoms with E-state index in [-0.39, 0.29) is 30.3 Å². The van der Waals surface area contributed by atoms with Crippen molar-refractivity contribution in [1.82, 2.24) is 14.7 Å². The average Bonchev–Trinajstić information content (AvgIpc) is 3.00. The summed E-state index contributed by atoms with van der Waals surface area (Å²) in [6, 6.07) is 9.62. The fourth-order valence-electron chi connectivity index (χ4n) is 3.45. The number of rotatable bonds is 3. The SMILES string of the molecule is CC(=O)N1CCN(C(=O)CN2CCCC2=O)[C@H](c2ccccc2)C1. The van der Waals surface area contributed by atoms with Crippen molar-refractivity contribution in [3.05, 3.63) is 35.9 Å². The van der Waals surface area contributed by atoms with Crippen LogP contribution in [-0.4, -0.2) is 65.1 Å². The molecule has 3 amide bonds. The molecule has 0 radical (unpaired) electrons. The second kappa shape index (κ2) is 7.03. The predicted molar refractivity (Wildman–Crippen MR) is 89.0 cm³/mol. The van der Waals surface area contributed by atoms with Crippen molar-refractivity contribution >= 4 is 17.7 Å². The highest BCUT2D eigenvalue weighted by Gasteiger charge is 2.34. The molecule has 0 N–H and O–H groups in total. The molecule has 2 aliphatic rings. The first-order valence-electron chi connectivity index (χ1n) is 8.44. The Labute approximate surface area is 142 Å². The number of benzene rings is 1. The maximum atomic E-state index is 12.8. The molecule has 2 fully saturated rings. The van der Waals surface area contributed by atoms with Gasteiger partial charge in [0, 0.05) is 39.5 Å². The molecule has 0 bridgehead atoms. The number of carbonyl (C=O) groups excluding carboxylic acids is 3. The lowest BCUT2D eigenvalue weighted by atomic mass is 10.0. The summed E-state index contributed by atoms with van der Waals surface area (Å²) in [5.41, 5.74) is 1.02. The molecule has 1 aromatic rings. The van der Waals surface area contributed by atoms with Crippen LogP contribution in [0, 0.1) is 0 Å². The molecule has 0 spiro atoms.